The molecule has 1 saturated heterocycles. The molecule has 1 aromatic rings. The molecule has 20 heavy (non-hydrogen) atoms. The Morgan fingerprint density at radius 2 is 2.20 bits per heavy atom. The van der Waals surface area contributed by atoms with Crippen molar-refractivity contribution < 1.29 is 9.47 Å². The summed E-state index contributed by atoms with van der Waals surface area (Å²) in [7, 11) is 0. The molecule has 2 heterocycles. The van der Waals surface area contributed by atoms with Crippen LogP contribution < -0.4 is 15.4 Å². The minimum absolute atomic E-state index is 0.0253. The normalized spacial score (nSPS) is 23.2. The Labute approximate surface area is 120 Å². The van der Waals surface area contributed by atoms with Gasteiger partial charge in [-0.05, 0) is 27.7 Å². The molecule has 2 unspecified atom stereocenters. The average molecular weight is 280 g/mol. The quantitative estimate of drug-likeness (QED) is 0.891. The molecule has 6 nitrogen and oxygen atoms in total. The Balaban J connectivity index is 2.20. The highest BCUT2D eigenvalue weighted by molar-refractivity contribution is 5.35. The second-order valence-corrected chi connectivity index (χ2v) is 5.52. The van der Waals surface area contributed by atoms with Crippen LogP contribution in [0.2, 0.25) is 0 Å². The summed E-state index contributed by atoms with van der Waals surface area (Å²) in [5.74, 6) is 1.31. The first-order valence-corrected chi connectivity index (χ1v) is 7.10. The van der Waals surface area contributed by atoms with Gasteiger partial charge >= 0.3 is 0 Å². The zero-order valence-electron chi connectivity index (χ0n) is 12.7. The molecule has 0 aromatic carbocycles. The summed E-state index contributed by atoms with van der Waals surface area (Å²) in [5.41, 5.74) is 6.61. The molecule has 0 saturated carbocycles. The summed E-state index contributed by atoms with van der Waals surface area (Å²) in [5, 5.41) is 0. The van der Waals surface area contributed by atoms with Crippen molar-refractivity contribution in [2.24, 2.45) is 5.73 Å². The molecular formula is C14H24N4O2. The van der Waals surface area contributed by atoms with E-state index in [1.54, 1.807) is 0 Å². The van der Waals surface area contributed by atoms with Crippen LogP contribution >= 0.6 is 0 Å². The number of hydrogen-bond donors (Lipinski definition) is 1. The predicted molar refractivity (Wildman–Crippen MR) is 78.1 cm³/mol. The summed E-state index contributed by atoms with van der Waals surface area (Å²) in [4.78, 5) is 11.1. The van der Waals surface area contributed by atoms with Gasteiger partial charge in [0.15, 0.2) is 0 Å². The Morgan fingerprint density at radius 1 is 1.45 bits per heavy atom. The van der Waals surface area contributed by atoms with E-state index in [1.807, 2.05) is 33.8 Å². The third-order valence-electron chi connectivity index (χ3n) is 3.05. The van der Waals surface area contributed by atoms with Crippen LogP contribution in [0.15, 0.2) is 6.07 Å². The second-order valence-electron chi connectivity index (χ2n) is 5.52. The first-order chi connectivity index (χ1) is 9.47. The monoisotopic (exact) mass is 280 g/mol. The number of aryl methyl sites for hydroxylation is 1. The van der Waals surface area contributed by atoms with E-state index in [2.05, 4.69) is 14.9 Å². The molecule has 0 radical (unpaired) electrons. The fourth-order valence-corrected chi connectivity index (χ4v) is 2.31. The van der Waals surface area contributed by atoms with E-state index in [9.17, 15) is 0 Å². The lowest BCUT2D eigenvalue weighted by Crippen LogP contribution is -2.50. The number of morpholine rings is 1. The van der Waals surface area contributed by atoms with Crippen molar-refractivity contribution >= 4 is 5.95 Å². The Bertz CT molecular complexity index is 453. The van der Waals surface area contributed by atoms with E-state index in [-0.39, 0.29) is 18.3 Å². The molecule has 2 N–H and O–H groups in total. The third kappa shape index (κ3) is 3.80. The van der Waals surface area contributed by atoms with E-state index >= 15 is 0 Å². The van der Waals surface area contributed by atoms with Crippen LogP contribution in [0, 0.1) is 6.92 Å². The van der Waals surface area contributed by atoms with Gasteiger partial charge in [-0.3, -0.25) is 0 Å². The fraction of sp³-hybridized carbons (Fsp3) is 0.714. The van der Waals surface area contributed by atoms with Crippen molar-refractivity contribution in [2.45, 2.75) is 46.0 Å². The zero-order valence-corrected chi connectivity index (χ0v) is 12.7. The van der Waals surface area contributed by atoms with Crippen molar-refractivity contribution in [3.8, 4) is 5.88 Å². The van der Waals surface area contributed by atoms with Gasteiger partial charge in [-0.25, -0.2) is 4.98 Å². The minimum atomic E-state index is 0.0253. The van der Waals surface area contributed by atoms with Crippen LogP contribution in [0.25, 0.3) is 0 Å². The van der Waals surface area contributed by atoms with Crippen LogP contribution in [0.5, 0.6) is 5.88 Å². The molecule has 0 bridgehead atoms. The summed E-state index contributed by atoms with van der Waals surface area (Å²) >= 11 is 0. The van der Waals surface area contributed by atoms with E-state index < -0.39 is 0 Å². The first kappa shape index (κ1) is 15.0. The smallest absolute Gasteiger partial charge is 0.229 e. The molecule has 0 aliphatic carbocycles. The molecule has 6 heteroatoms. The highest BCUT2D eigenvalue weighted by Gasteiger charge is 2.26. The number of ether oxygens (including phenoxy) is 2. The van der Waals surface area contributed by atoms with Gasteiger partial charge in [-0.1, -0.05) is 0 Å². The van der Waals surface area contributed by atoms with Gasteiger partial charge in [0.05, 0.1) is 18.3 Å². The fourth-order valence-electron chi connectivity index (χ4n) is 2.31. The maximum Gasteiger partial charge on any atom is 0.229 e. The molecule has 112 valence electrons. The number of nitrogens with zero attached hydrogens (tertiary/aromatic N) is 3. The summed E-state index contributed by atoms with van der Waals surface area (Å²) in [6.45, 7) is 9.93. The van der Waals surface area contributed by atoms with Crippen molar-refractivity contribution in [1.29, 1.82) is 0 Å². The number of anilines is 1. The highest BCUT2D eigenvalue weighted by Crippen LogP contribution is 2.20. The second kappa shape index (κ2) is 6.37. The van der Waals surface area contributed by atoms with Crippen molar-refractivity contribution in [2.75, 3.05) is 24.5 Å². The summed E-state index contributed by atoms with van der Waals surface area (Å²) in [6.07, 6.45) is 0.241. The molecule has 1 fully saturated rings. The lowest BCUT2D eigenvalue weighted by molar-refractivity contribution is -0.0110. The van der Waals surface area contributed by atoms with E-state index in [1.165, 1.54) is 0 Å². The topological polar surface area (TPSA) is 73.5 Å². The number of rotatable bonds is 4. The third-order valence-corrected chi connectivity index (χ3v) is 3.05. The van der Waals surface area contributed by atoms with Crippen LogP contribution in [-0.4, -0.2) is 47.9 Å². The van der Waals surface area contributed by atoms with Crippen LogP contribution in [0.4, 0.5) is 5.95 Å². The average Bonchev–Trinajstić information content (AvgIpc) is 2.36. The lowest BCUT2D eigenvalue weighted by Gasteiger charge is -2.36. The maximum absolute atomic E-state index is 5.76. The van der Waals surface area contributed by atoms with Gasteiger partial charge in [-0.2, -0.15) is 4.98 Å². The Kier molecular flexibility index (Phi) is 4.77. The maximum atomic E-state index is 5.76. The van der Waals surface area contributed by atoms with E-state index in [0.717, 1.165) is 12.2 Å². The Hall–Kier alpha value is -1.40. The predicted octanol–water partition coefficient (Wildman–Crippen LogP) is 1.12. The molecule has 0 amide bonds. The first-order valence-electron chi connectivity index (χ1n) is 7.10. The Morgan fingerprint density at radius 3 is 2.85 bits per heavy atom. The molecule has 1 aliphatic heterocycles. The van der Waals surface area contributed by atoms with Gasteiger partial charge in [0.1, 0.15) is 0 Å². The largest absolute Gasteiger partial charge is 0.475 e. The molecule has 0 spiro atoms. The van der Waals surface area contributed by atoms with Gasteiger partial charge in [0.25, 0.3) is 0 Å². The standard InChI is InChI=1S/C14H24N4O2/c1-9(2)19-13-5-10(3)16-14(17-13)18-7-11(4)20-12(6-15)8-18/h5,9,11-12H,6-8,15H2,1-4H3. The summed E-state index contributed by atoms with van der Waals surface area (Å²) < 4.78 is 11.4. The molecule has 2 atom stereocenters. The molecular weight excluding hydrogens is 256 g/mol. The van der Waals surface area contributed by atoms with E-state index in [4.69, 9.17) is 15.2 Å². The van der Waals surface area contributed by atoms with Crippen LogP contribution in [-0.2, 0) is 4.74 Å². The van der Waals surface area contributed by atoms with E-state index in [0.29, 0.717) is 24.9 Å². The number of aromatic nitrogens is 2. The number of hydrogen-bond acceptors (Lipinski definition) is 6. The minimum Gasteiger partial charge on any atom is -0.475 e. The number of nitrogens with two attached hydrogens (primary N) is 1. The van der Waals surface area contributed by atoms with Crippen LogP contribution in [0.1, 0.15) is 26.5 Å². The van der Waals surface area contributed by atoms with Crippen molar-refractivity contribution in [3.05, 3.63) is 11.8 Å². The SMILES string of the molecule is Cc1cc(OC(C)C)nc(N2CC(C)OC(CN)C2)n1. The molecule has 1 aromatic heterocycles. The molecule has 2 rings (SSSR count). The van der Waals surface area contributed by atoms with Gasteiger partial charge < -0.3 is 20.1 Å². The zero-order chi connectivity index (χ0) is 14.7. The van der Waals surface area contributed by atoms with Gasteiger partial charge in [-0.15, -0.1) is 0 Å². The van der Waals surface area contributed by atoms with Crippen LogP contribution in [0.3, 0.4) is 0 Å². The van der Waals surface area contributed by atoms with Crippen molar-refractivity contribution in [3.63, 3.8) is 0 Å². The van der Waals surface area contributed by atoms with Gasteiger partial charge in [0, 0.05) is 31.4 Å². The highest BCUT2D eigenvalue weighted by atomic mass is 16.5. The summed E-state index contributed by atoms with van der Waals surface area (Å²) in [6, 6.07) is 1.85. The van der Waals surface area contributed by atoms with Crippen molar-refractivity contribution in [1.82, 2.24) is 9.97 Å². The van der Waals surface area contributed by atoms with Gasteiger partial charge in [0.2, 0.25) is 11.8 Å². The molecule has 1 aliphatic rings. The lowest BCUT2D eigenvalue weighted by atomic mass is 10.2.